The smallest absolute Gasteiger partial charge is 0.273 e. The summed E-state index contributed by atoms with van der Waals surface area (Å²) in [6.45, 7) is 2.00. The van der Waals surface area contributed by atoms with Crippen LogP contribution in [0.15, 0.2) is 23.1 Å². The summed E-state index contributed by atoms with van der Waals surface area (Å²) in [5.74, 6) is 0.125. The van der Waals surface area contributed by atoms with Crippen molar-refractivity contribution in [3.63, 3.8) is 0 Å². The Bertz CT molecular complexity index is 645. The SMILES string of the molecule is Cc1ccc(S(=O)(=O)N[C@@H]2CCC[C@@H]2CN)cc1[N+](=O)[O-]. The van der Waals surface area contributed by atoms with Crippen LogP contribution in [0.25, 0.3) is 0 Å². The van der Waals surface area contributed by atoms with Gasteiger partial charge in [-0.3, -0.25) is 10.1 Å². The number of benzene rings is 1. The van der Waals surface area contributed by atoms with E-state index in [-0.39, 0.29) is 22.5 Å². The minimum atomic E-state index is -3.77. The van der Waals surface area contributed by atoms with Crippen molar-refractivity contribution in [2.24, 2.45) is 11.7 Å². The van der Waals surface area contributed by atoms with Crippen molar-refractivity contribution in [2.75, 3.05) is 6.54 Å². The third-order valence-corrected chi connectivity index (χ3v) is 5.44. The van der Waals surface area contributed by atoms with E-state index in [1.165, 1.54) is 12.1 Å². The van der Waals surface area contributed by atoms with E-state index >= 15 is 0 Å². The first-order valence-corrected chi connectivity index (χ1v) is 8.31. The van der Waals surface area contributed by atoms with Gasteiger partial charge in [-0.2, -0.15) is 0 Å². The van der Waals surface area contributed by atoms with Crippen LogP contribution in [0.4, 0.5) is 5.69 Å². The van der Waals surface area contributed by atoms with Crippen LogP contribution in [0.5, 0.6) is 0 Å². The van der Waals surface area contributed by atoms with Crippen LogP contribution in [0.3, 0.4) is 0 Å². The molecule has 2 rings (SSSR count). The zero-order valence-corrected chi connectivity index (χ0v) is 12.6. The highest BCUT2D eigenvalue weighted by Gasteiger charge is 2.31. The molecule has 0 saturated heterocycles. The number of nitrogens with two attached hydrogens (primary N) is 1. The lowest BCUT2D eigenvalue weighted by Gasteiger charge is -2.19. The second-order valence-electron chi connectivity index (χ2n) is 5.36. The van der Waals surface area contributed by atoms with E-state index in [0.29, 0.717) is 12.1 Å². The fraction of sp³-hybridized carbons (Fsp3) is 0.538. The summed E-state index contributed by atoms with van der Waals surface area (Å²) < 4.78 is 27.4. The van der Waals surface area contributed by atoms with Crippen molar-refractivity contribution < 1.29 is 13.3 Å². The van der Waals surface area contributed by atoms with Crippen LogP contribution in [-0.4, -0.2) is 25.9 Å². The van der Waals surface area contributed by atoms with Crippen LogP contribution >= 0.6 is 0 Å². The Hall–Kier alpha value is -1.51. The molecule has 0 amide bonds. The average molecular weight is 313 g/mol. The quantitative estimate of drug-likeness (QED) is 0.628. The zero-order valence-electron chi connectivity index (χ0n) is 11.8. The largest absolute Gasteiger partial charge is 0.330 e. The van der Waals surface area contributed by atoms with Gasteiger partial charge in [-0.05, 0) is 38.3 Å². The summed E-state index contributed by atoms with van der Waals surface area (Å²) in [7, 11) is -3.77. The molecule has 1 saturated carbocycles. The van der Waals surface area contributed by atoms with Gasteiger partial charge in [0.1, 0.15) is 0 Å². The second kappa shape index (κ2) is 6.08. The number of hydrogen-bond acceptors (Lipinski definition) is 5. The maximum absolute atomic E-state index is 12.4. The highest BCUT2D eigenvalue weighted by molar-refractivity contribution is 7.89. The van der Waals surface area contributed by atoms with Gasteiger partial charge in [0.15, 0.2) is 0 Å². The molecule has 1 aromatic carbocycles. The Kier molecular flexibility index (Phi) is 4.60. The van der Waals surface area contributed by atoms with Gasteiger partial charge in [0.25, 0.3) is 5.69 Å². The molecule has 0 heterocycles. The fourth-order valence-electron chi connectivity index (χ4n) is 2.69. The Morgan fingerprint density at radius 1 is 1.43 bits per heavy atom. The first kappa shape index (κ1) is 15.9. The Morgan fingerprint density at radius 2 is 2.14 bits per heavy atom. The van der Waals surface area contributed by atoms with Crippen molar-refractivity contribution >= 4 is 15.7 Å². The van der Waals surface area contributed by atoms with Crippen molar-refractivity contribution in [1.29, 1.82) is 0 Å². The summed E-state index contributed by atoms with van der Waals surface area (Å²) in [4.78, 5) is 10.3. The molecule has 0 unspecified atom stereocenters. The van der Waals surface area contributed by atoms with E-state index in [1.807, 2.05) is 0 Å². The highest BCUT2D eigenvalue weighted by atomic mass is 32.2. The number of nitro benzene ring substituents is 1. The van der Waals surface area contributed by atoms with E-state index in [1.54, 1.807) is 6.92 Å². The number of hydrogen-bond donors (Lipinski definition) is 2. The summed E-state index contributed by atoms with van der Waals surface area (Å²) in [6.07, 6.45) is 2.58. The highest BCUT2D eigenvalue weighted by Crippen LogP contribution is 2.27. The molecule has 3 N–H and O–H groups in total. The van der Waals surface area contributed by atoms with Crippen LogP contribution in [-0.2, 0) is 10.0 Å². The Labute approximate surface area is 123 Å². The van der Waals surface area contributed by atoms with Crippen LogP contribution in [0, 0.1) is 23.0 Å². The van der Waals surface area contributed by atoms with Crippen LogP contribution < -0.4 is 10.5 Å². The maximum Gasteiger partial charge on any atom is 0.273 e. The van der Waals surface area contributed by atoms with E-state index in [4.69, 9.17) is 5.73 Å². The van der Waals surface area contributed by atoms with Crippen molar-refractivity contribution in [1.82, 2.24) is 4.72 Å². The van der Waals surface area contributed by atoms with Gasteiger partial charge in [0.05, 0.1) is 9.82 Å². The lowest BCUT2D eigenvalue weighted by Crippen LogP contribution is -2.39. The molecule has 0 aromatic heterocycles. The standard InChI is InChI=1S/C13H19N3O4S/c1-9-5-6-11(7-13(9)16(17)18)21(19,20)15-12-4-2-3-10(12)8-14/h5-7,10,12,15H,2-4,8,14H2,1H3/t10-,12-/m1/s1. The van der Waals surface area contributed by atoms with E-state index in [9.17, 15) is 18.5 Å². The first-order valence-electron chi connectivity index (χ1n) is 6.82. The summed E-state index contributed by atoms with van der Waals surface area (Å²) in [6, 6.07) is 3.74. The van der Waals surface area contributed by atoms with Crippen molar-refractivity contribution in [3.05, 3.63) is 33.9 Å². The number of aryl methyl sites for hydroxylation is 1. The van der Waals surface area contributed by atoms with Gasteiger partial charge in [0, 0.05) is 17.7 Å². The normalized spacial score (nSPS) is 22.4. The van der Waals surface area contributed by atoms with Crippen LogP contribution in [0.2, 0.25) is 0 Å². The lowest BCUT2D eigenvalue weighted by atomic mass is 10.1. The van der Waals surface area contributed by atoms with Crippen molar-refractivity contribution in [2.45, 2.75) is 37.1 Å². The third kappa shape index (κ3) is 3.39. The molecule has 0 radical (unpaired) electrons. The molecule has 2 atom stereocenters. The number of nitrogens with one attached hydrogen (secondary N) is 1. The molecule has 0 spiro atoms. The molecule has 1 aromatic rings. The van der Waals surface area contributed by atoms with Crippen LogP contribution in [0.1, 0.15) is 24.8 Å². The Morgan fingerprint density at radius 3 is 2.76 bits per heavy atom. The molecular weight excluding hydrogens is 294 g/mol. The molecule has 1 aliphatic carbocycles. The minimum Gasteiger partial charge on any atom is -0.330 e. The fourth-order valence-corrected chi connectivity index (χ4v) is 4.05. The number of rotatable bonds is 5. The molecule has 1 aliphatic rings. The predicted molar refractivity (Wildman–Crippen MR) is 78.3 cm³/mol. The Balaban J connectivity index is 2.27. The number of nitrogens with zero attached hydrogens (tertiary/aromatic N) is 1. The van der Waals surface area contributed by atoms with E-state index in [2.05, 4.69) is 4.72 Å². The monoisotopic (exact) mass is 313 g/mol. The molecule has 1 fully saturated rings. The van der Waals surface area contributed by atoms with Crippen molar-refractivity contribution in [3.8, 4) is 0 Å². The molecular formula is C13H19N3O4S. The maximum atomic E-state index is 12.4. The average Bonchev–Trinajstić information content (AvgIpc) is 2.85. The second-order valence-corrected chi connectivity index (χ2v) is 7.07. The van der Waals surface area contributed by atoms with E-state index < -0.39 is 14.9 Å². The molecule has 0 aliphatic heterocycles. The van der Waals surface area contributed by atoms with E-state index in [0.717, 1.165) is 25.3 Å². The summed E-state index contributed by atoms with van der Waals surface area (Å²) in [5.41, 5.74) is 5.88. The molecule has 116 valence electrons. The molecule has 21 heavy (non-hydrogen) atoms. The van der Waals surface area contributed by atoms with Gasteiger partial charge >= 0.3 is 0 Å². The van der Waals surface area contributed by atoms with Gasteiger partial charge in [0.2, 0.25) is 10.0 Å². The zero-order chi connectivity index (χ0) is 15.6. The summed E-state index contributed by atoms with van der Waals surface area (Å²) in [5, 5.41) is 10.9. The predicted octanol–water partition coefficient (Wildman–Crippen LogP) is 1.31. The molecule has 8 heteroatoms. The van der Waals surface area contributed by atoms with Gasteiger partial charge in [-0.1, -0.05) is 12.5 Å². The minimum absolute atomic E-state index is 0.0810. The third-order valence-electron chi connectivity index (χ3n) is 3.96. The molecule has 7 nitrogen and oxygen atoms in total. The number of sulfonamides is 1. The van der Waals surface area contributed by atoms with Gasteiger partial charge < -0.3 is 5.73 Å². The first-order chi connectivity index (χ1) is 9.85. The van der Waals surface area contributed by atoms with Gasteiger partial charge in [-0.15, -0.1) is 0 Å². The lowest BCUT2D eigenvalue weighted by molar-refractivity contribution is -0.385. The molecule has 0 bridgehead atoms. The summed E-state index contributed by atoms with van der Waals surface area (Å²) >= 11 is 0. The van der Waals surface area contributed by atoms with Gasteiger partial charge in [-0.25, -0.2) is 13.1 Å². The topological polar surface area (TPSA) is 115 Å². The number of nitro groups is 1.